The number of benzene rings is 2. The van der Waals surface area contributed by atoms with E-state index >= 15 is 0 Å². The molecular formula is C50H81N6O11P. The van der Waals surface area contributed by atoms with Crippen molar-refractivity contribution >= 4 is 43.0 Å². The first-order valence-corrected chi connectivity index (χ1v) is 25.5. The predicted molar refractivity (Wildman–Crippen MR) is 263 cm³/mol. The molecule has 3 rings (SSSR count). The summed E-state index contributed by atoms with van der Waals surface area (Å²) in [5.41, 5.74) is 1.68. The third-order valence-corrected chi connectivity index (χ3v) is 14.0. The summed E-state index contributed by atoms with van der Waals surface area (Å²) in [6.07, 6.45) is -0.261. The van der Waals surface area contributed by atoms with Crippen molar-refractivity contribution in [3.63, 3.8) is 0 Å². The van der Waals surface area contributed by atoms with Crippen LogP contribution in [-0.2, 0) is 53.7 Å². The number of likely N-dealkylation sites (tertiary alicyclic amines) is 1. The molecule has 0 bridgehead atoms. The van der Waals surface area contributed by atoms with Crippen molar-refractivity contribution in [3.8, 4) is 0 Å². The van der Waals surface area contributed by atoms with Gasteiger partial charge in [0.25, 0.3) is 0 Å². The quantitative estimate of drug-likeness (QED) is 0.0703. The Kier molecular flexibility index (Phi) is 23.3. The molecule has 68 heavy (non-hydrogen) atoms. The SMILES string of the molecule is CCC(=O)Nc1ccc(COP(=O)(O)O[C@@H](c2ccccc2)[C@@H](C)NC(=O)[C@H](C)[C@@H](OC)[C@@H]2CCCN2C(=O)C[C@@H](OC)[C@H]([C@@H](C)CC)N(C)C(=O)[C@@H](NC(=O)[C@H](C(C)C)N(C)C)C(C)C)cc1. The number of methoxy groups -OCH3 is 2. The molecule has 382 valence electrons. The van der Waals surface area contributed by atoms with Crippen LogP contribution in [0.4, 0.5) is 5.69 Å². The van der Waals surface area contributed by atoms with Crippen LogP contribution in [0, 0.1) is 23.7 Å². The van der Waals surface area contributed by atoms with Gasteiger partial charge in [-0.15, -0.1) is 0 Å². The van der Waals surface area contributed by atoms with Gasteiger partial charge in [-0.05, 0) is 74.9 Å². The summed E-state index contributed by atoms with van der Waals surface area (Å²) >= 11 is 0. The molecule has 17 nitrogen and oxygen atoms in total. The van der Waals surface area contributed by atoms with Crippen LogP contribution in [0.25, 0.3) is 0 Å². The molecule has 0 aromatic heterocycles. The summed E-state index contributed by atoms with van der Waals surface area (Å²) in [4.78, 5) is 84.4. The molecule has 1 aliphatic rings. The van der Waals surface area contributed by atoms with Gasteiger partial charge in [-0.1, -0.05) is 104 Å². The number of phosphoric ester groups is 1. The standard InChI is InChI=1S/C50H81N6O11P/c1-15-33(7)45(55(12)50(61)43(31(3)4)53-49(60)44(32(5)6)54(10)11)40(64-13)29-42(58)56-28-20-23-39(56)46(65-14)34(8)48(59)51-35(9)47(37-21-18-17-19-22-37)67-68(62,63)66-30-36-24-26-38(27-25-36)52-41(57)16-2/h17-19,21-22,24-27,31-35,39-40,43-47H,15-16,20,23,28-30H2,1-14H3,(H,51,59)(H,52,57)(H,53,60)(H,62,63)/t33-,34+,35+,39-,40+,43-,44-,45-,46+,47+/m0/s1. The van der Waals surface area contributed by atoms with Crippen LogP contribution < -0.4 is 16.0 Å². The largest absolute Gasteiger partial charge is 0.473 e. The topological polar surface area (TPSA) is 205 Å². The van der Waals surface area contributed by atoms with E-state index in [0.717, 1.165) is 0 Å². The molecule has 5 amide bonds. The summed E-state index contributed by atoms with van der Waals surface area (Å²) in [5.74, 6) is -2.30. The predicted octanol–water partition coefficient (Wildman–Crippen LogP) is 6.56. The van der Waals surface area contributed by atoms with Crippen molar-refractivity contribution < 1.29 is 52.0 Å². The fraction of sp³-hybridized carbons (Fsp3) is 0.660. The Morgan fingerprint density at radius 2 is 1.49 bits per heavy atom. The molecule has 1 saturated heterocycles. The lowest BCUT2D eigenvalue weighted by atomic mass is 9.89. The van der Waals surface area contributed by atoms with Gasteiger partial charge >= 0.3 is 7.82 Å². The van der Waals surface area contributed by atoms with Crippen molar-refractivity contribution in [3.05, 3.63) is 65.7 Å². The first-order chi connectivity index (χ1) is 32.0. The van der Waals surface area contributed by atoms with Gasteiger partial charge in [0.05, 0.1) is 55.3 Å². The number of anilines is 1. The highest BCUT2D eigenvalue weighted by Crippen LogP contribution is 2.49. The number of carbonyl (C=O) groups excluding carboxylic acids is 5. The molecule has 0 radical (unpaired) electrons. The molecule has 1 unspecified atom stereocenters. The molecule has 0 aliphatic carbocycles. The van der Waals surface area contributed by atoms with Gasteiger partial charge in [-0.25, -0.2) is 4.57 Å². The molecule has 2 aromatic carbocycles. The summed E-state index contributed by atoms with van der Waals surface area (Å²) in [7, 11) is 3.73. The van der Waals surface area contributed by atoms with Crippen molar-refractivity contribution in [2.75, 3.05) is 47.2 Å². The highest BCUT2D eigenvalue weighted by molar-refractivity contribution is 7.47. The van der Waals surface area contributed by atoms with E-state index in [1.54, 1.807) is 92.2 Å². The van der Waals surface area contributed by atoms with Gasteiger partial charge in [0, 0.05) is 39.9 Å². The second kappa shape index (κ2) is 27.2. The molecule has 2 aromatic rings. The maximum atomic E-state index is 14.4. The fourth-order valence-electron chi connectivity index (χ4n) is 9.19. The van der Waals surface area contributed by atoms with Crippen molar-refractivity contribution in [2.45, 2.75) is 150 Å². The molecule has 0 spiro atoms. The average molecular weight is 973 g/mol. The Balaban J connectivity index is 1.77. The van der Waals surface area contributed by atoms with Crippen LogP contribution in [-0.4, -0.2) is 133 Å². The average Bonchev–Trinajstić information content (AvgIpc) is 3.79. The van der Waals surface area contributed by atoms with Crippen LogP contribution in [0.5, 0.6) is 0 Å². The van der Waals surface area contributed by atoms with Crippen LogP contribution in [0.15, 0.2) is 54.6 Å². The van der Waals surface area contributed by atoms with Gasteiger partial charge in [0.2, 0.25) is 29.5 Å². The van der Waals surface area contributed by atoms with E-state index in [2.05, 4.69) is 16.0 Å². The Labute approximate surface area is 405 Å². The van der Waals surface area contributed by atoms with Gasteiger partial charge in [0.1, 0.15) is 12.1 Å². The summed E-state index contributed by atoms with van der Waals surface area (Å²) in [6.45, 7) is 17.1. The van der Waals surface area contributed by atoms with Gasteiger partial charge in [0.15, 0.2) is 0 Å². The first kappa shape index (κ1) is 58.1. The molecule has 1 aliphatic heterocycles. The molecule has 11 atom stereocenters. The Morgan fingerprint density at radius 1 is 0.853 bits per heavy atom. The van der Waals surface area contributed by atoms with E-state index in [4.69, 9.17) is 18.5 Å². The summed E-state index contributed by atoms with van der Waals surface area (Å²) in [5, 5.41) is 8.75. The van der Waals surface area contributed by atoms with Crippen LogP contribution in [0.2, 0.25) is 0 Å². The van der Waals surface area contributed by atoms with Crippen molar-refractivity contribution in [1.82, 2.24) is 25.3 Å². The Bertz CT molecular complexity index is 1960. The number of carbonyl (C=O) groups is 5. The number of nitrogens with zero attached hydrogens (tertiary/aromatic N) is 3. The smallest absolute Gasteiger partial charge is 0.379 e. The molecule has 1 fully saturated rings. The third kappa shape index (κ3) is 16.2. The van der Waals surface area contributed by atoms with E-state index in [-0.39, 0.29) is 54.4 Å². The zero-order valence-corrected chi connectivity index (χ0v) is 43.8. The van der Waals surface area contributed by atoms with Gasteiger partial charge < -0.3 is 40.1 Å². The minimum Gasteiger partial charge on any atom is -0.379 e. The second-order valence-corrected chi connectivity index (χ2v) is 20.5. The van der Waals surface area contributed by atoms with Crippen molar-refractivity contribution in [2.24, 2.45) is 23.7 Å². The normalized spacial score (nSPS) is 19.0. The monoisotopic (exact) mass is 973 g/mol. The lowest BCUT2D eigenvalue weighted by molar-refractivity contribution is -0.148. The number of likely N-dealkylation sites (N-methyl/N-ethyl adjacent to an activating group) is 2. The first-order valence-electron chi connectivity index (χ1n) is 24.0. The van der Waals surface area contributed by atoms with E-state index in [1.807, 2.05) is 60.5 Å². The molecular weight excluding hydrogens is 892 g/mol. The molecule has 18 heteroatoms. The number of hydrogen-bond acceptors (Lipinski definition) is 11. The fourth-order valence-corrected chi connectivity index (χ4v) is 10.2. The van der Waals surface area contributed by atoms with Crippen LogP contribution in [0.3, 0.4) is 0 Å². The highest BCUT2D eigenvalue weighted by atomic mass is 31.2. The summed E-state index contributed by atoms with van der Waals surface area (Å²) < 4.78 is 36.7. The maximum absolute atomic E-state index is 14.4. The lowest BCUT2D eigenvalue weighted by Gasteiger charge is -2.41. The minimum absolute atomic E-state index is 0.0162. The van der Waals surface area contributed by atoms with E-state index < -0.39 is 68.2 Å². The van der Waals surface area contributed by atoms with Gasteiger partial charge in [-0.3, -0.25) is 37.9 Å². The number of ether oxygens (including phenoxy) is 2. The van der Waals surface area contributed by atoms with Crippen molar-refractivity contribution in [1.29, 1.82) is 0 Å². The number of rotatable bonds is 27. The minimum atomic E-state index is -4.71. The second-order valence-electron chi connectivity index (χ2n) is 19.0. The zero-order chi connectivity index (χ0) is 51.0. The number of hydrogen-bond donors (Lipinski definition) is 4. The van der Waals surface area contributed by atoms with E-state index in [9.17, 15) is 33.4 Å². The molecule has 0 saturated carbocycles. The zero-order valence-electron chi connectivity index (χ0n) is 42.9. The lowest BCUT2D eigenvalue weighted by Crippen LogP contribution is -2.59. The molecule has 1 heterocycles. The number of nitrogens with one attached hydrogen (secondary N) is 3. The maximum Gasteiger partial charge on any atom is 0.473 e. The van der Waals surface area contributed by atoms with E-state index in [1.165, 1.54) is 14.2 Å². The Hall–Kier alpha value is -4.22. The number of phosphoric acid groups is 1. The molecule has 4 N–H and O–H groups in total. The number of amides is 5. The summed E-state index contributed by atoms with van der Waals surface area (Å²) in [6, 6.07) is 12.4. The highest BCUT2D eigenvalue weighted by Gasteiger charge is 2.44. The van der Waals surface area contributed by atoms with Crippen LogP contribution >= 0.6 is 7.82 Å². The van der Waals surface area contributed by atoms with E-state index in [0.29, 0.717) is 49.0 Å². The third-order valence-electron chi connectivity index (χ3n) is 13.1. The van der Waals surface area contributed by atoms with Crippen LogP contribution in [0.1, 0.15) is 112 Å². The van der Waals surface area contributed by atoms with Gasteiger partial charge in [-0.2, -0.15) is 0 Å². The Morgan fingerprint density at radius 3 is 2.01 bits per heavy atom.